The molecule has 0 aromatic heterocycles. The predicted octanol–water partition coefficient (Wildman–Crippen LogP) is 5.37. The Morgan fingerprint density at radius 3 is 2.24 bits per heavy atom. The summed E-state index contributed by atoms with van der Waals surface area (Å²) < 4.78 is 11.2. The van der Waals surface area contributed by atoms with Crippen molar-refractivity contribution in [2.75, 3.05) is 12.0 Å². The number of hydrogen-bond acceptors (Lipinski definition) is 5. The fraction of sp³-hybridized carbons (Fsp3) is 0.156. The highest BCUT2D eigenvalue weighted by molar-refractivity contribution is 6.25. The molecule has 0 radical (unpaired) electrons. The van der Waals surface area contributed by atoms with E-state index in [0.29, 0.717) is 17.2 Å². The molecule has 0 N–H and O–H groups in total. The van der Waals surface area contributed by atoms with E-state index in [4.69, 9.17) is 9.47 Å². The highest BCUT2D eigenvalue weighted by atomic mass is 16.5. The molecule has 0 saturated carbocycles. The number of benzene rings is 4. The molecule has 1 fully saturated rings. The summed E-state index contributed by atoms with van der Waals surface area (Å²) in [7, 11) is 1.60. The number of hydrogen-bond donors (Lipinski definition) is 0. The Morgan fingerprint density at radius 1 is 0.763 bits per heavy atom. The average Bonchev–Trinajstić information content (AvgIpc) is 3.22. The number of imide groups is 1. The number of ether oxygens (including phenoxy) is 2. The van der Waals surface area contributed by atoms with Crippen LogP contribution in [0.1, 0.15) is 17.0 Å². The van der Waals surface area contributed by atoms with Gasteiger partial charge in [-0.15, -0.1) is 0 Å². The maximum atomic E-state index is 14.1. The van der Waals surface area contributed by atoms with Crippen LogP contribution in [0.5, 0.6) is 11.5 Å². The Morgan fingerprint density at radius 2 is 1.47 bits per heavy atom. The molecule has 6 nitrogen and oxygen atoms in total. The van der Waals surface area contributed by atoms with Crippen LogP contribution in [0.3, 0.4) is 0 Å². The topological polar surface area (TPSA) is 72.9 Å². The molecule has 38 heavy (non-hydrogen) atoms. The molecule has 2 aliphatic heterocycles. The zero-order valence-electron chi connectivity index (χ0n) is 20.5. The van der Waals surface area contributed by atoms with Crippen LogP contribution in [0.4, 0.5) is 5.69 Å². The van der Waals surface area contributed by atoms with Crippen molar-refractivity contribution in [1.82, 2.24) is 0 Å². The van der Waals surface area contributed by atoms with Crippen LogP contribution in [0.25, 0.3) is 16.3 Å². The molecule has 2 amide bonds. The minimum absolute atomic E-state index is 0.307. The van der Waals surface area contributed by atoms with E-state index in [9.17, 15) is 14.4 Å². The summed E-state index contributed by atoms with van der Waals surface area (Å²) in [6.45, 7) is 0. The minimum atomic E-state index is -0.880. The molecule has 7 rings (SSSR count). The van der Waals surface area contributed by atoms with E-state index in [0.717, 1.165) is 27.5 Å². The van der Waals surface area contributed by atoms with Gasteiger partial charge in [-0.05, 0) is 52.2 Å². The van der Waals surface area contributed by atoms with Gasteiger partial charge in [0.2, 0.25) is 11.8 Å². The lowest BCUT2D eigenvalue weighted by Gasteiger charge is -2.38. The highest BCUT2D eigenvalue weighted by Crippen LogP contribution is 2.55. The number of rotatable bonds is 3. The minimum Gasteiger partial charge on any atom is -0.497 e. The molecular formula is C32H23NO5. The molecule has 186 valence electrons. The van der Waals surface area contributed by atoms with Crippen molar-refractivity contribution in [1.29, 1.82) is 0 Å². The van der Waals surface area contributed by atoms with Crippen molar-refractivity contribution in [3.05, 3.63) is 108 Å². The van der Waals surface area contributed by atoms with E-state index in [1.165, 1.54) is 4.90 Å². The second-order valence-corrected chi connectivity index (χ2v) is 9.88. The Bertz CT molecular complexity index is 1660. The third-order valence-corrected chi connectivity index (χ3v) is 8.00. The van der Waals surface area contributed by atoms with Crippen molar-refractivity contribution in [2.45, 2.75) is 5.92 Å². The van der Waals surface area contributed by atoms with E-state index >= 15 is 0 Å². The molecule has 4 aromatic carbocycles. The van der Waals surface area contributed by atoms with Crippen molar-refractivity contribution in [2.24, 2.45) is 17.8 Å². The smallest absolute Gasteiger partial charge is 0.319 e. The lowest BCUT2D eigenvalue weighted by Crippen LogP contribution is -2.42. The summed E-state index contributed by atoms with van der Waals surface area (Å²) in [5.41, 5.74) is 2.93. The number of allylic oxidation sites excluding steroid dienone is 1. The van der Waals surface area contributed by atoms with Crippen LogP contribution in [0.15, 0.2) is 97.1 Å². The van der Waals surface area contributed by atoms with Gasteiger partial charge < -0.3 is 9.47 Å². The number of carbonyl (C=O) groups is 3. The number of anilines is 1. The first kappa shape index (κ1) is 22.5. The summed E-state index contributed by atoms with van der Waals surface area (Å²) >= 11 is 0. The zero-order chi connectivity index (χ0) is 26.0. The maximum Gasteiger partial charge on any atom is 0.319 e. The average molecular weight is 502 g/mol. The summed E-state index contributed by atoms with van der Waals surface area (Å²) in [6, 6.07) is 28.1. The molecule has 3 aliphatic rings. The van der Waals surface area contributed by atoms with Crippen LogP contribution < -0.4 is 14.4 Å². The van der Waals surface area contributed by atoms with Crippen LogP contribution >= 0.6 is 0 Å². The number of methoxy groups -OCH3 is 1. The van der Waals surface area contributed by atoms with Crippen molar-refractivity contribution >= 4 is 39.8 Å². The van der Waals surface area contributed by atoms with E-state index in [-0.39, 0.29) is 11.8 Å². The molecule has 1 aliphatic carbocycles. The molecule has 4 aromatic rings. The van der Waals surface area contributed by atoms with Crippen LogP contribution in [-0.4, -0.2) is 24.9 Å². The summed E-state index contributed by atoms with van der Waals surface area (Å²) in [5, 5.41) is 1.95. The lowest BCUT2D eigenvalue weighted by molar-refractivity contribution is -0.142. The lowest BCUT2D eigenvalue weighted by atomic mass is 9.64. The Labute approximate surface area is 219 Å². The number of carbonyl (C=O) groups excluding carboxylic acids is 3. The van der Waals surface area contributed by atoms with Gasteiger partial charge in [0, 0.05) is 11.5 Å². The number of para-hydroxylation sites is 1. The quantitative estimate of drug-likeness (QED) is 0.214. The first-order valence-electron chi connectivity index (χ1n) is 12.6. The second kappa shape index (κ2) is 8.42. The summed E-state index contributed by atoms with van der Waals surface area (Å²) in [6.07, 6.45) is 2.01. The monoisotopic (exact) mass is 501 g/mol. The largest absolute Gasteiger partial charge is 0.497 e. The number of esters is 1. The van der Waals surface area contributed by atoms with Gasteiger partial charge in [-0.3, -0.25) is 14.4 Å². The van der Waals surface area contributed by atoms with E-state index in [2.05, 4.69) is 0 Å². The van der Waals surface area contributed by atoms with Crippen molar-refractivity contribution < 1.29 is 23.9 Å². The van der Waals surface area contributed by atoms with E-state index in [1.807, 2.05) is 66.7 Å². The number of amides is 2. The third kappa shape index (κ3) is 3.16. The third-order valence-electron chi connectivity index (χ3n) is 8.00. The SMILES string of the molecule is COc1ccc([C@@H]2C=C3c4c(ccc5ccccc45)OC(=O)[C@@H]3[C@@H]3C(=O)N(c4ccccc4)C(=O)[C@H]32)cc1. The van der Waals surface area contributed by atoms with E-state index in [1.54, 1.807) is 37.4 Å². The van der Waals surface area contributed by atoms with Crippen LogP contribution in [0.2, 0.25) is 0 Å². The second-order valence-electron chi connectivity index (χ2n) is 9.88. The first-order chi connectivity index (χ1) is 18.6. The fourth-order valence-electron chi connectivity index (χ4n) is 6.31. The van der Waals surface area contributed by atoms with Gasteiger partial charge in [0.25, 0.3) is 0 Å². The molecule has 6 heteroatoms. The molecule has 2 heterocycles. The molecule has 0 unspecified atom stereocenters. The highest BCUT2D eigenvalue weighted by Gasteiger charge is 2.60. The normalized spacial score (nSPS) is 23.9. The maximum absolute atomic E-state index is 14.1. The summed E-state index contributed by atoms with van der Waals surface area (Å²) in [5.74, 6) is -2.93. The number of nitrogens with zero attached hydrogens (tertiary/aromatic N) is 1. The van der Waals surface area contributed by atoms with Crippen LogP contribution in [-0.2, 0) is 14.4 Å². The molecule has 0 spiro atoms. The summed E-state index contributed by atoms with van der Waals surface area (Å²) in [4.78, 5) is 42.8. The zero-order valence-corrected chi connectivity index (χ0v) is 20.5. The van der Waals surface area contributed by atoms with Gasteiger partial charge in [0.15, 0.2) is 0 Å². The van der Waals surface area contributed by atoms with Gasteiger partial charge in [-0.25, -0.2) is 4.90 Å². The molecule has 4 atom stereocenters. The fourth-order valence-corrected chi connectivity index (χ4v) is 6.31. The predicted molar refractivity (Wildman–Crippen MR) is 143 cm³/mol. The van der Waals surface area contributed by atoms with Gasteiger partial charge in [-0.1, -0.05) is 66.7 Å². The van der Waals surface area contributed by atoms with Crippen molar-refractivity contribution in [3.8, 4) is 11.5 Å². The molecule has 0 bridgehead atoms. The van der Waals surface area contributed by atoms with Gasteiger partial charge in [0.1, 0.15) is 11.5 Å². The Hall–Kier alpha value is -4.71. The number of fused-ring (bicyclic) bond motifs is 7. The molecular weight excluding hydrogens is 478 g/mol. The van der Waals surface area contributed by atoms with Gasteiger partial charge >= 0.3 is 5.97 Å². The van der Waals surface area contributed by atoms with Crippen LogP contribution in [0, 0.1) is 17.8 Å². The van der Waals surface area contributed by atoms with Gasteiger partial charge in [0.05, 0.1) is 30.6 Å². The standard InChI is InChI=1S/C32H23NO5/c1-37-21-14-11-19(12-15-21)23-17-24-26-22-10-6-5-7-18(22)13-16-25(26)38-32(36)28(24)29-27(23)30(34)33(31(29)35)20-8-3-2-4-9-20/h2-17,23,27-29H,1H3/t23-,27-,28-,29+/m0/s1. The van der Waals surface area contributed by atoms with Gasteiger partial charge in [-0.2, -0.15) is 0 Å². The van der Waals surface area contributed by atoms with E-state index < -0.39 is 29.6 Å². The Balaban J connectivity index is 1.47. The molecule has 1 saturated heterocycles. The first-order valence-corrected chi connectivity index (χ1v) is 12.6. The van der Waals surface area contributed by atoms with Crippen molar-refractivity contribution in [3.63, 3.8) is 0 Å². The Kier molecular flexibility index (Phi) is 4.98.